The van der Waals surface area contributed by atoms with E-state index in [0.29, 0.717) is 35.4 Å². The van der Waals surface area contributed by atoms with Crippen molar-refractivity contribution in [2.24, 2.45) is 11.8 Å². The number of ether oxygens (including phenoxy) is 1. The van der Waals surface area contributed by atoms with E-state index < -0.39 is 0 Å². The maximum Gasteiger partial charge on any atom is 0.224 e. The molecule has 0 radical (unpaired) electrons. The zero-order valence-corrected chi connectivity index (χ0v) is 11.5. The highest BCUT2D eigenvalue weighted by atomic mass is 16.5. The second kappa shape index (κ2) is 6.28. The van der Waals surface area contributed by atoms with Gasteiger partial charge in [-0.3, -0.25) is 4.79 Å². The van der Waals surface area contributed by atoms with E-state index in [1.54, 1.807) is 25.3 Å². The van der Waals surface area contributed by atoms with Crippen LogP contribution in [0.1, 0.15) is 27.2 Å². The molecule has 100 valence electrons. The minimum absolute atomic E-state index is 0.0146. The first-order valence-electron chi connectivity index (χ1n) is 6.17. The molecule has 0 heterocycles. The normalized spacial score (nSPS) is 12.3. The number of anilines is 2. The highest BCUT2D eigenvalue weighted by Crippen LogP contribution is 2.25. The van der Waals surface area contributed by atoms with Crippen molar-refractivity contribution < 1.29 is 9.53 Å². The molecule has 1 aromatic carbocycles. The Labute approximate surface area is 109 Å². The molecule has 3 N–H and O–H groups in total. The maximum atomic E-state index is 11.8. The standard InChI is InChI=1S/C14H22N2O2/c1-9(2)10(3)7-14(17)16-11-5-6-13(18-4)12(15)8-11/h5-6,8-10H,7,15H2,1-4H3,(H,16,17). The van der Waals surface area contributed by atoms with Crippen molar-refractivity contribution in [1.29, 1.82) is 0 Å². The van der Waals surface area contributed by atoms with Crippen LogP contribution in [0.2, 0.25) is 0 Å². The summed E-state index contributed by atoms with van der Waals surface area (Å²) in [4.78, 5) is 11.8. The second-order valence-electron chi connectivity index (χ2n) is 4.93. The predicted octanol–water partition coefficient (Wildman–Crippen LogP) is 2.90. The number of carbonyl (C=O) groups excluding carboxylic acids is 1. The highest BCUT2D eigenvalue weighted by molar-refractivity contribution is 5.91. The van der Waals surface area contributed by atoms with Crippen molar-refractivity contribution in [3.8, 4) is 5.75 Å². The molecule has 0 aliphatic heterocycles. The molecule has 0 bridgehead atoms. The second-order valence-corrected chi connectivity index (χ2v) is 4.93. The highest BCUT2D eigenvalue weighted by Gasteiger charge is 2.13. The largest absolute Gasteiger partial charge is 0.495 e. The number of methoxy groups -OCH3 is 1. The van der Waals surface area contributed by atoms with Gasteiger partial charge < -0.3 is 15.8 Å². The molecule has 4 nitrogen and oxygen atoms in total. The van der Waals surface area contributed by atoms with E-state index in [-0.39, 0.29) is 5.91 Å². The van der Waals surface area contributed by atoms with Crippen molar-refractivity contribution in [2.45, 2.75) is 27.2 Å². The zero-order valence-electron chi connectivity index (χ0n) is 11.5. The summed E-state index contributed by atoms with van der Waals surface area (Å²) in [5.41, 5.74) is 7.00. The van der Waals surface area contributed by atoms with E-state index >= 15 is 0 Å². The first-order valence-corrected chi connectivity index (χ1v) is 6.17. The lowest BCUT2D eigenvalue weighted by Crippen LogP contribution is -2.17. The summed E-state index contributed by atoms with van der Waals surface area (Å²) in [6.45, 7) is 6.30. The SMILES string of the molecule is COc1ccc(NC(=O)CC(C)C(C)C)cc1N. The van der Waals surface area contributed by atoms with Gasteiger partial charge in [0, 0.05) is 12.1 Å². The lowest BCUT2D eigenvalue weighted by Gasteiger charge is -2.15. The van der Waals surface area contributed by atoms with Gasteiger partial charge in [-0.15, -0.1) is 0 Å². The van der Waals surface area contributed by atoms with Crippen LogP contribution in [0.4, 0.5) is 11.4 Å². The van der Waals surface area contributed by atoms with Crippen LogP contribution >= 0.6 is 0 Å². The summed E-state index contributed by atoms with van der Waals surface area (Å²) < 4.78 is 5.06. The summed E-state index contributed by atoms with van der Waals surface area (Å²) in [5.74, 6) is 1.49. The molecular weight excluding hydrogens is 228 g/mol. The topological polar surface area (TPSA) is 64.3 Å². The minimum Gasteiger partial charge on any atom is -0.495 e. The molecule has 1 aromatic rings. The number of hydrogen-bond donors (Lipinski definition) is 2. The number of rotatable bonds is 5. The Balaban J connectivity index is 2.62. The van der Waals surface area contributed by atoms with Crippen molar-refractivity contribution in [2.75, 3.05) is 18.2 Å². The quantitative estimate of drug-likeness (QED) is 0.790. The Kier molecular flexibility index (Phi) is 5.01. The van der Waals surface area contributed by atoms with Gasteiger partial charge in [-0.25, -0.2) is 0 Å². The number of benzene rings is 1. The van der Waals surface area contributed by atoms with Crippen molar-refractivity contribution >= 4 is 17.3 Å². The molecule has 1 unspecified atom stereocenters. The van der Waals surface area contributed by atoms with Crippen LogP contribution in [-0.4, -0.2) is 13.0 Å². The fourth-order valence-corrected chi connectivity index (χ4v) is 1.55. The number of nitrogen functional groups attached to an aromatic ring is 1. The van der Waals surface area contributed by atoms with Gasteiger partial charge in [-0.05, 0) is 30.0 Å². The van der Waals surface area contributed by atoms with Crippen molar-refractivity contribution in [3.05, 3.63) is 18.2 Å². The van der Waals surface area contributed by atoms with Gasteiger partial charge in [0.25, 0.3) is 0 Å². The molecule has 18 heavy (non-hydrogen) atoms. The molecular formula is C14H22N2O2. The van der Waals surface area contributed by atoms with Crippen LogP contribution in [0.5, 0.6) is 5.75 Å². The smallest absolute Gasteiger partial charge is 0.224 e. The predicted molar refractivity (Wildman–Crippen MR) is 74.7 cm³/mol. The third-order valence-corrected chi connectivity index (χ3v) is 3.16. The van der Waals surface area contributed by atoms with Gasteiger partial charge in [0.05, 0.1) is 12.8 Å². The van der Waals surface area contributed by atoms with Gasteiger partial charge >= 0.3 is 0 Å². The van der Waals surface area contributed by atoms with Crippen LogP contribution < -0.4 is 15.8 Å². The van der Waals surface area contributed by atoms with E-state index in [2.05, 4.69) is 26.1 Å². The molecule has 4 heteroatoms. The Bertz CT molecular complexity index is 416. The number of hydrogen-bond acceptors (Lipinski definition) is 3. The average Bonchev–Trinajstić information content (AvgIpc) is 2.28. The number of nitrogens with one attached hydrogen (secondary N) is 1. The van der Waals surface area contributed by atoms with Gasteiger partial charge in [-0.2, -0.15) is 0 Å². The summed E-state index contributed by atoms with van der Waals surface area (Å²) >= 11 is 0. The molecule has 0 spiro atoms. The van der Waals surface area contributed by atoms with E-state index in [9.17, 15) is 4.79 Å². The Hall–Kier alpha value is -1.71. The average molecular weight is 250 g/mol. The minimum atomic E-state index is 0.0146. The van der Waals surface area contributed by atoms with Crippen molar-refractivity contribution in [3.63, 3.8) is 0 Å². The molecule has 0 saturated heterocycles. The van der Waals surface area contributed by atoms with Crippen molar-refractivity contribution in [1.82, 2.24) is 0 Å². The zero-order chi connectivity index (χ0) is 13.7. The number of amides is 1. The number of carbonyl (C=O) groups is 1. The monoisotopic (exact) mass is 250 g/mol. The van der Waals surface area contributed by atoms with E-state index in [1.807, 2.05) is 0 Å². The first kappa shape index (κ1) is 14.4. The van der Waals surface area contributed by atoms with Crippen LogP contribution in [-0.2, 0) is 4.79 Å². The third-order valence-electron chi connectivity index (χ3n) is 3.16. The fraction of sp³-hybridized carbons (Fsp3) is 0.500. The molecule has 1 amide bonds. The fourth-order valence-electron chi connectivity index (χ4n) is 1.55. The Morgan fingerprint density at radius 1 is 1.39 bits per heavy atom. The van der Waals surface area contributed by atoms with Gasteiger partial charge in [0.15, 0.2) is 0 Å². The molecule has 1 atom stereocenters. The van der Waals surface area contributed by atoms with Gasteiger partial charge in [0.1, 0.15) is 5.75 Å². The summed E-state index contributed by atoms with van der Waals surface area (Å²) in [5, 5.41) is 2.85. The summed E-state index contributed by atoms with van der Waals surface area (Å²) in [7, 11) is 1.56. The summed E-state index contributed by atoms with van der Waals surface area (Å²) in [6, 6.07) is 5.24. The lowest BCUT2D eigenvalue weighted by molar-refractivity contribution is -0.117. The Morgan fingerprint density at radius 3 is 2.56 bits per heavy atom. The summed E-state index contributed by atoms with van der Waals surface area (Å²) in [6.07, 6.45) is 0.517. The third kappa shape index (κ3) is 3.95. The maximum absolute atomic E-state index is 11.8. The molecule has 0 saturated carbocycles. The number of nitrogens with two attached hydrogens (primary N) is 1. The molecule has 1 rings (SSSR count). The van der Waals surface area contributed by atoms with E-state index in [4.69, 9.17) is 10.5 Å². The first-order chi connectivity index (χ1) is 8.43. The molecule has 0 aliphatic carbocycles. The molecule has 0 fully saturated rings. The van der Waals surface area contributed by atoms with Crippen LogP contribution in [0, 0.1) is 11.8 Å². The van der Waals surface area contributed by atoms with Gasteiger partial charge in [-0.1, -0.05) is 20.8 Å². The van der Waals surface area contributed by atoms with Crippen LogP contribution in [0.3, 0.4) is 0 Å². The van der Waals surface area contributed by atoms with Gasteiger partial charge in [0.2, 0.25) is 5.91 Å². The van der Waals surface area contributed by atoms with Crippen LogP contribution in [0.15, 0.2) is 18.2 Å². The van der Waals surface area contributed by atoms with E-state index in [0.717, 1.165) is 0 Å². The lowest BCUT2D eigenvalue weighted by atomic mass is 9.94. The van der Waals surface area contributed by atoms with Crippen LogP contribution in [0.25, 0.3) is 0 Å². The molecule has 0 aliphatic rings. The van der Waals surface area contributed by atoms with E-state index in [1.165, 1.54) is 0 Å². The Morgan fingerprint density at radius 2 is 2.06 bits per heavy atom. The molecule has 0 aromatic heterocycles.